The lowest BCUT2D eigenvalue weighted by Gasteiger charge is -2.33. The number of rotatable bonds is 5. The first-order chi connectivity index (χ1) is 17.3. The third kappa shape index (κ3) is 4.73. The van der Waals surface area contributed by atoms with Crippen LogP contribution in [-0.2, 0) is 11.2 Å². The van der Waals surface area contributed by atoms with Gasteiger partial charge in [0.05, 0.1) is 30.2 Å². The molecule has 3 aromatic rings. The first-order valence-corrected chi connectivity index (χ1v) is 12.0. The second-order valence-electron chi connectivity index (χ2n) is 9.41. The minimum absolute atomic E-state index is 0.0219. The smallest absolute Gasteiger partial charge is 0.265 e. The molecule has 8 nitrogen and oxygen atoms in total. The lowest BCUT2D eigenvalue weighted by atomic mass is 10.1. The van der Waals surface area contributed by atoms with Crippen molar-refractivity contribution in [2.45, 2.75) is 26.3 Å². The van der Waals surface area contributed by atoms with Crippen molar-refractivity contribution in [3.8, 4) is 17.0 Å². The summed E-state index contributed by atoms with van der Waals surface area (Å²) in [5, 5.41) is 0. The van der Waals surface area contributed by atoms with Gasteiger partial charge in [-0.3, -0.25) is 9.78 Å². The van der Waals surface area contributed by atoms with Crippen LogP contribution in [-0.4, -0.2) is 71.6 Å². The Morgan fingerprint density at radius 1 is 1.03 bits per heavy atom. The molecule has 0 saturated carbocycles. The number of halogens is 2. The van der Waals surface area contributed by atoms with Gasteiger partial charge < -0.3 is 19.4 Å². The van der Waals surface area contributed by atoms with Crippen LogP contribution in [0.3, 0.4) is 0 Å². The molecule has 1 fully saturated rings. The predicted molar refractivity (Wildman–Crippen MR) is 132 cm³/mol. The van der Waals surface area contributed by atoms with Gasteiger partial charge in [-0.2, -0.15) is 0 Å². The summed E-state index contributed by atoms with van der Waals surface area (Å²) < 4.78 is 35.0. The third-order valence-corrected chi connectivity index (χ3v) is 6.49. The maximum Gasteiger partial charge on any atom is 0.265 e. The van der Waals surface area contributed by atoms with Crippen molar-refractivity contribution in [3.05, 3.63) is 59.8 Å². The molecule has 0 unspecified atom stereocenters. The van der Waals surface area contributed by atoms with E-state index in [4.69, 9.17) is 4.74 Å². The van der Waals surface area contributed by atoms with Gasteiger partial charge in [0, 0.05) is 43.5 Å². The number of likely N-dealkylation sites (N-methyl/N-ethyl adjacent to an activating group) is 1. The average molecular weight is 495 g/mol. The lowest BCUT2D eigenvalue weighted by Crippen LogP contribution is -2.44. The number of anilines is 2. The molecule has 0 radical (unpaired) electrons. The van der Waals surface area contributed by atoms with E-state index in [0.717, 1.165) is 43.8 Å². The van der Waals surface area contributed by atoms with Crippen molar-refractivity contribution in [3.63, 3.8) is 0 Å². The number of pyridine rings is 1. The van der Waals surface area contributed by atoms with Crippen LogP contribution >= 0.6 is 0 Å². The van der Waals surface area contributed by atoms with E-state index < -0.39 is 11.6 Å². The van der Waals surface area contributed by atoms with Gasteiger partial charge in [0.1, 0.15) is 11.5 Å². The number of amides is 1. The van der Waals surface area contributed by atoms with Crippen molar-refractivity contribution in [2.24, 2.45) is 0 Å². The quantitative estimate of drug-likeness (QED) is 0.539. The van der Waals surface area contributed by atoms with Gasteiger partial charge in [-0.25, -0.2) is 18.7 Å². The molecule has 0 spiro atoms. The van der Waals surface area contributed by atoms with Gasteiger partial charge in [-0.05, 0) is 45.2 Å². The molecule has 5 rings (SSSR count). The molecule has 4 heterocycles. The molecule has 0 atom stereocenters. The first-order valence-electron chi connectivity index (χ1n) is 12.0. The van der Waals surface area contributed by atoms with Crippen molar-refractivity contribution in [1.29, 1.82) is 0 Å². The highest BCUT2D eigenvalue weighted by Gasteiger charge is 2.31. The Kier molecular flexibility index (Phi) is 6.53. The normalized spacial score (nSPS) is 16.3. The van der Waals surface area contributed by atoms with Crippen LogP contribution in [0.25, 0.3) is 11.3 Å². The summed E-state index contributed by atoms with van der Waals surface area (Å²) in [6, 6.07) is 6.43. The van der Waals surface area contributed by atoms with Crippen LogP contribution in [0.2, 0.25) is 0 Å². The standard InChI is InChI=1S/C26H28F2N6O2/c1-16(2)34-22-11-17(10-20(27)26(22)36-15-24(34)35)25-21(28)14-30-23(31-25)12-18-4-5-19(13-29-18)33-8-6-32(3)7-9-33/h4-5,10-11,13-14,16H,6-9,12,15H2,1-3H3. The zero-order valence-electron chi connectivity index (χ0n) is 20.5. The Bertz CT molecular complexity index is 1280. The highest BCUT2D eigenvalue weighted by atomic mass is 19.1. The highest BCUT2D eigenvalue weighted by molar-refractivity contribution is 5.99. The van der Waals surface area contributed by atoms with Crippen LogP contribution in [0.15, 0.2) is 36.7 Å². The molecule has 188 valence electrons. The first kappa shape index (κ1) is 24.1. The van der Waals surface area contributed by atoms with E-state index in [2.05, 4.69) is 31.8 Å². The summed E-state index contributed by atoms with van der Waals surface area (Å²) in [7, 11) is 2.11. The molecule has 0 bridgehead atoms. The minimum atomic E-state index is -0.685. The third-order valence-electron chi connectivity index (χ3n) is 6.49. The summed E-state index contributed by atoms with van der Waals surface area (Å²) in [5.74, 6) is -1.32. The van der Waals surface area contributed by atoms with E-state index in [1.165, 1.54) is 17.0 Å². The number of carbonyl (C=O) groups is 1. The fourth-order valence-electron chi connectivity index (χ4n) is 4.57. The molecule has 2 aromatic heterocycles. The van der Waals surface area contributed by atoms with Crippen molar-refractivity contribution in [1.82, 2.24) is 19.9 Å². The molecule has 0 aliphatic carbocycles. The van der Waals surface area contributed by atoms with Gasteiger partial charge in [0.15, 0.2) is 24.0 Å². The fraction of sp³-hybridized carbons (Fsp3) is 0.385. The van der Waals surface area contributed by atoms with E-state index in [1.807, 2.05) is 32.2 Å². The van der Waals surface area contributed by atoms with Gasteiger partial charge in [-0.1, -0.05) is 0 Å². The molecule has 1 aromatic carbocycles. The second-order valence-corrected chi connectivity index (χ2v) is 9.41. The number of benzene rings is 1. The zero-order chi connectivity index (χ0) is 25.4. The van der Waals surface area contributed by atoms with Crippen LogP contribution in [0.5, 0.6) is 5.75 Å². The maximum absolute atomic E-state index is 14.9. The van der Waals surface area contributed by atoms with Crippen LogP contribution < -0.4 is 14.5 Å². The average Bonchev–Trinajstić information content (AvgIpc) is 2.85. The maximum atomic E-state index is 14.9. The SMILES string of the molecule is CC(C)N1C(=O)COc2c(F)cc(-c3nc(Cc4ccc(N5CCN(C)CC5)cn4)ncc3F)cc21. The largest absolute Gasteiger partial charge is 0.478 e. The summed E-state index contributed by atoms with van der Waals surface area (Å²) in [4.78, 5) is 31.5. The van der Waals surface area contributed by atoms with Crippen molar-refractivity contribution < 1.29 is 18.3 Å². The number of fused-ring (bicyclic) bond motifs is 1. The van der Waals surface area contributed by atoms with E-state index in [1.54, 1.807) is 0 Å². The number of piperazine rings is 1. The minimum Gasteiger partial charge on any atom is -0.478 e. The predicted octanol–water partition coefficient (Wildman–Crippen LogP) is 3.29. The Morgan fingerprint density at radius 3 is 2.50 bits per heavy atom. The summed E-state index contributed by atoms with van der Waals surface area (Å²) in [5.41, 5.74) is 2.22. The highest BCUT2D eigenvalue weighted by Crippen LogP contribution is 2.39. The second kappa shape index (κ2) is 9.77. The molecule has 2 aliphatic rings. The monoisotopic (exact) mass is 494 g/mol. The molecule has 1 saturated heterocycles. The summed E-state index contributed by atoms with van der Waals surface area (Å²) in [6.45, 7) is 7.31. The van der Waals surface area contributed by atoms with Gasteiger partial charge in [-0.15, -0.1) is 0 Å². The number of ether oxygens (including phenoxy) is 1. The van der Waals surface area contributed by atoms with Crippen LogP contribution in [0.1, 0.15) is 25.4 Å². The molecular weight excluding hydrogens is 466 g/mol. The van der Waals surface area contributed by atoms with E-state index >= 15 is 0 Å². The summed E-state index contributed by atoms with van der Waals surface area (Å²) in [6.07, 6.45) is 3.21. The van der Waals surface area contributed by atoms with E-state index in [9.17, 15) is 13.6 Å². The lowest BCUT2D eigenvalue weighted by molar-refractivity contribution is -0.121. The number of carbonyl (C=O) groups excluding carboxylic acids is 1. The molecular formula is C26H28F2N6O2. The molecule has 10 heteroatoms. The Morgan fingerprint density at radius 2 is 1.81 bits per heavy atom. The molecule has 1 amide bonds. The Labute approximate surface area is 208 Å². The number of hydrogen-bond donors (Lipinski definition) is 0. The van der Waals surface area contributed by atoms with Crippen molar-refractivity contribution >= 4 is 17.3 Å². The van der Waals surface area contributed by atoms with Crippen LogP contribution in [0, 0.1) is 11.6 Å². The molecule has 36 heavy (non-hydrogen) atoms. The molecule has 2 aliphatic heterocycles. The number of aromatic nitrogens is 3. The van der Waals surface area contributed by atoms with Crippen molar-refractivity contribution in [2.75, 3.05) is 49.6 Å². The zero-order valence-corrected chi connectivity index (χ0v) is 20.5. The Balaban J connectivity index is 1.41. The number of hydrogen-bond acceptors (Lipinski definition) is 7. The fourth-order valence-corrected chi connectivity index (χ4v) is 4.57. The van der Waals surface area contributed by atoms with Gasteiger partial charge >= 0.3 is 0 Å². The van der Waals surface area contributed by atoms with E-state index in [0.29, 0.717) is 12.2 Å². The van der Waals surface area contributed by atoms with Crippen LogP contribution in [0.4, 0.5) is 20.2 Å². The van der Waals surface area contributed by atoms with Gasteiger partial charge in [0.25, 0.3) is 5.91 Å². The Hall–Kier alpha value is -3.66. The van der Waals surface area contributed by atoms with E-state index in [-0.39, 0.29) is 41.3 Å². The number of nitrogens with zero attached hydrogens (tertiary/aromatic N) is 6. The topological polar surface area (TPSA) is 74.7 Å². The van der Waals surface area contributed by atoms with Gasteiger partial charge in [0.2, 0.25) is 0 Å². The summed E-state index contributed by atoms with van der Waals surface area (Å²) >= 11 is 0. The molecule has 0 N–H and O–H groups in total.